The molecule has 1 atom stereocenters. The van der Waals surface area contributed by atoms with Gasteiger partial charge in [-0.3, -0.25) is 9.88 Å². The number of ether oxygens (including phenoxy) is 1. The molecular formula is C19H26ClN3O. The summed E-state index contributed by atoms with van der Waals surface area (Å²) >= 11 is 0. The molecule has 0 saturated carbocycles. The van der Waals surface area contributed by atoms with Crippen LogP contribution in [0.3, 0.4) is 0 Å². The lowest BCUT2D eigenvalue weighted by Gasteiger charge is -2.36. The predicted molar refractivity (Wildman–Crippen MR) is 99.7 cm³/mol. The highest BCUT2D eigenvalue weighted by molar-refractivity contribution is 5.85. The van der Waals surface area contributed by atoms with Gasteiger partial charge >= 0.3 is 0 Å². The number of hydrogen-bond acceptors (Lipinski definition) is 4. The predicted octanol–water partition coefficient (Wildman–Crippen LogP) is 3.44. The maximum Gasteiger partial charge on any atom is 0.119 e. The SMILES string of the molecule is CC(C)Oc1ccc(CN2CCNCC2c2ccncc2)cc1.Cl. The van der Waals surface area contributed by atoms with Gasteiger partial charge in [0.1, 0.15) is 5.75 Å². The van der Waals surface area contributed by atoms with Crippen molar-refractivity contribution < 1.29 is 4.74 Å². The molecule has 1 aromatic heterocycles. The first-order valence-electron chi connectivity index (χ1n) is 8.32. The van der Waals surface area contributed by atoms with Crippen molar-refractivity contribution in [2.75, 3.05) is 19.6 Å². The second kappa shape index (κ2) is 9.02. The molecular weight excluding hydrogens is 322 g/mol. The Balaban J connectivity index is 0.00000208. The molecule has 1 saturated heterocycles. The number of piperazine rings is 1. The molecule has 24 heavy (non-hydrogen) atoms. The van der Waals surface area contributed by atoms with Crippen LogP contribution in [0, 0.1) is 0 Å². The zero-order valence-corrected chi connectivity index (χ0v) is 15.1. The van der Waals surface area contributed by atoms with Crippen LogP contribution >= 0.6 is 12.4 Å². The number of benzene rings is 1. The molecule has 2 aromatic rings. The molecule has 1 N–H and O–H groups in total. The molecule has 0 bridgehead atoms. The Morgan fingerprint density at radius 3 is 2.54 bits per heavy atom. The maximum absolute atomic E-state index is 5.72. The zero-order chi connectivity index (χ0) is 16.1. The number of aromatic nitrogens is 1. The summed E-state index contributed by atoms with van der Waals surface area (Å²) in [4.78, 5) is 6.66. The van der Waals surface area contributed by atoms with Gasteiger partial charge in [-0.05, 0) is 49.2 Å². The fourth-order valence-corrected chi connectivity index (χ4v) is 3.03. The number of pyridine rings is 1. The lowest BCUT2D eigenvalue weighted by molar-refractivity contribution is 0.153. The van der Waals surface area contributed by atoms with Crippen LogP contribution in [0.1, 0.15) is 31.0 Å². The molecule has 130 valence electrons. The second-order valence-corrected chi connectivity index (χ2v) is 6.28. The van der Waals surface area contributed by atoms with E-state index in [1.54, 1.807) is 0 Å². The van der Waals surface area contributed by atoms with Crippen molar-refractivity contribution in [2.45, 2.75) is 32.5 Å². The van der Waals surface area contributed by atoms with Crippen LogP contribution < -0.4 is 10.1 Å². The lowest BCUT2D eigenvalue weighted by atomic mass is 10.0. The summed E-state index contributed by atoms with van der Waals surface area (Å²) in [5.74, 6) is 0.940. The van der Waals surface area contributed by atoms with Crippen LogP contribution in [0.25, 0.3) is 0 Å². The molecule has 0 amide bonds. The van der Waals surface area contributed by atoms with Gasteiger partial charge in [-0.2, -0.15) is 0 Å². The van der Waals surface area contributed by atoms with Crippen LogP contribution in [0.5, 0.6) is 5.75 Å². The van der Waals surface area contributed by atoms with Crippen molar-refractivity contribution in [1.29, 1.82) is 0 Å². The molecule has 1 fully saturated rings. The van der Waals surface area contributed by atoms with Crippen molar-refractivity contribution in [1.82, 2.24) is 15.2 Å². The van der Waals surface area contributed by atoms with Gasteiger partial charge in [0.25, 0.3) is 0 Å². The smallest absolute Gasteiger partial charge is 0.119 e. The zero-order valence-electron chi connectivity index (χ0n) is 14.3. The first-order chi connectivity index (χ1) is 11.2. The fourth-order valence-electron chi connectivity index (χ4n) is 3.03. The van der Waals surface area contributed by atoms with Crippen molar-refractivity contribution in [3.05, 3.63) is 59.9 Å². The van der Waals surface area contributed by atoms with E-state index in [1.807, 2.05) is 26.2 Å². The summed E-state index contributed by atoms with van der Waals surface area (Å²) in [7, 11) is 0. The second-order valence-electron chi connectivity index (χ2n) is 6.28. The summed E-state index contributed by atoms with van der Waals surface area (Å²) in [6.45, 7) is 8.13. The Bertz CT molecular complexity index is 604. The Morgan fingerprint density at radius 2 is 1.88 bits per heavy atom. The minimum absolute atomic E-state index is 0. The third-order valence-electron chi connectivity index (χ3n) is 4.13. The van der Waals surface area contributed by atoms with Crippen LogP contribution in [-0.4, -0.2) is 35.6 Å². The highest BCUT2D eigenvalue weighted by Gasteiger charge is 2.23. The quantitative estimate of drug-likeness (QED) is 0.899. The number of rotatable bonds is 5. The van der Waals surface area contributed by atoms with Crippen molar-refractivity contribution >= 4 is 12.4 Å². The summed E-state index contributed by atoms with van der Waals surface area (Å²) in [6, 6.07) is 13.1. The molecule has 5 heteroatoms. The molecule has 0 radical (unpaired) electrons. The average Bonchev–Trinajstić information content (AvgIpc) is 2.57. The topological polar surface area (TPSA) is 37.4 Å². The van der Waals surface area contributed by atoms with Crippen LogP contribution in [0.15, 0.2) is 48.8 Å². The lowest BCUT2D eigenvalue weighted by Crippen LogP contribution is -2.45. The first kappa shape index (κ1) is 18.7. The molecule has 2 heterocycles. The van der Waals surface area contributed by atoms with E-state index in [4.69, 9.17) is 4.74 Å². The Hall–Kier alpha value is -1.62. The van der Waals surface area contributed by atoms with Crippen LogP contribution in [-0.2, 0) is 6.54 Å². The van der Waals surface area contributed by atoms with Crippen molar-refractivity contribution in [2.24, 2.45) is 0 Å². The van der Waals surface area contributed by atoms with E-state index in [0.717, 1.165) is 31.9 Å². The number of halogens is 1. The molecule has 1 aliphatic heterocycles. The van der Waals surface area contributed by atoms with E-state index in [9.17, 15) is 0 Å². The number of nitrogens with one attached hydrogen (secondary N) is 1. The van der Waals surface area contributed by atoms with Gasteiger partial charge in [0.05, 0.1) is 6.10 Å². The molecule has 0 spiro atoms. The third-order valence-corrected chi connectivity index (χ3v) is 4.13. The van der Waals surface area contributed by atoms with E-state index in [2.05, 4.69) is 51.6 Å². The fraction of sp³-hybridized carbons (Fsp3) is 0.421. The Morgan fingerprint density at radius 1 is 1.17 bits per heavy atom. The van der Waals surface area contributed by atoms with Gasteiger partial charge in [0.2, 0.25) is 0 Å². The number of nitrogens with zero attached hydrogens (tertiary/aromatic N) is 2. The largest absolute Gasteiger partial charge is 0.491 e. The molecule has 1 unspecified atom stereocenters. The molecule has 3 rings (SSSR count). The van der Waals surface area contributed by atoms with E-state index in [1.165, 1.54) is 11.1 Å². The summed E-state index contributed by atoms with van der Waals surface area (Å²) in [6.07, 6.45) is 3.96. The Labute approximate surface area is 150 Å². The monoisotopic (exact) mass is 347 g/mol. The van der Waals surface area contributed by atoms with Gasteiger partial charge in [-0.25, -0.2) is 0 Å². The highest BCUT2D eigenvalue weighted by atomic mass is 35.5. The first-order valence-corrected chi connectivity index (χ1v) is 8.32. The van der Waals surface area contributed by atoms with Gasteiger partial charge in [-0.15, -0.1) is 12.4 Å². The maximum atomic E-state index is 5.72. The Kier molecular flexibility index (Phi) is 7.03. The van der Waals surface area contributed by atoms with Crippen LogP contribution in [0.2, 0.25) is 0 Å². The summed E-state index contributed by atoms with van der Waals surface area (Å²) < 4.78 is 5.72. The molecule has 4 nitrogen and oxygen atoms in total. The number of hydrogen-bond donors (Lipinski definition) is 1. The van der Waals surface area contributed by atoms with E-state index in [0.29, 0.717) is 6.04 Å². The van der Waals surface area contributed by atoms with Crippen molar-refractivity contribution in [3.63, 3.8) is 0 Å². The minimum atomic E-state index is 0. The minimum Gasteiger partial charge on any atom is -0.491 e. The summed E-state index contributed by atoms with van der Waals surface area (Å²) in [5, 5.41) is 3.50. The van der Waals surface area contributed by atoms with Gasteiger partial charge in [0.15, 0.2) is 0 Å². The van der Waals surface area contributed by atoms with E-state index < -0.39 is 0 Å². The normalized spacial score (nSPS) is 18.2. The van der Waals surface area contributed by atoms with Gasteiger partial charge < -0.3 is 10.1 Å². The van der Waals surface area contributed by atoms with Gasteiger partial charge in [-0.1, -0.05) is 12.1 Å². The average molecular weight is 348 g/mol. The molecule has 0 aliphatic carbocycles. The van der Waals surface area contributed by atoms with E-state index >= 15 is 0 Å². The van der Waals surface area contributed by atoms with Crippen molar-refractivity contribution in [3.8, 4) is 5.75 Å². The summed E-state index contributed by atoms with van der Waals surface area (Å²) in [5.41, 5.74) is 2.65. The molecule has 1 aliphatic rings. The van der Waals surface area contributed by atoms with Crippen LogP contribution in [0.4, 0.5) is 0 Å². The third kappa shape index (κ3) is 4.94. The van der Waals surface area contributed by atoms with Gasteiger partial charge in [0, 0.05) is 44.6 Å². The molecule has 1 aromatic carbocycles. The standard InChI is InChI=1S/C19H25N3O.ClH/c1-15(2)23-18-5-3-16(4-6-18)14-22-12-11-21-13-19(22)17-7-9-20-10-8-17;/h3-10,15,19,21H,11-14H2,1-2H3;1H. The van der Waals surface area contributed by atoms with E-state index in [-0.39, 0.29) is 18.5 Å². The highest BCUT2D eigenvalue weighted by Crippen LogP contribution is 2.24.